The van der Waals surface area contributed by atoms with Crippen LogP contribution in [0.3, 0.4) is 0 Å². The van der Waals surface area contributed by atoms with Gasteiger partial charge in [-0.2, -0.15) is 0 Å². The maximum atomic E-state index is 6.88. The van der Waals surface area contributed by atoms with Crippen molar-refractivity contribution in [3.8, 4) is 33.8 Å². The van der Waals surface area contributed by atoms with Gasteiger partial charge in [0.2, 0.25) is 0 Å². The number of anilines is 5. The normalized spacial score (nSPS) is 17.0. The van der Waals surface area contributed by atoms with Gasteiger partial charge in [0.1, 0.15) is 11.5 Å². The van der Waals surface area contributed by atoms with Crippen molar-refractivity contribution in [1.29, 1.82) is 0 Å². The molecule has 0 aliphatic heterocycles. The van der Waals surface area contributed by atoms with Crippen molar-refractivity contribution in [1.82, 2.24) is 0 Å². The van der Waals surface area contributed by atoms with Gasteiger partial charge in [-0.3, -0.25) is 0 Å². The van der Waals surface area contributed by atoms with Crippen molar-refractivity contribution in [2.75, 3.05) is 9.80 Å². The topological polar surface area (TPSA) is 15.7 Å². The summed E-state index contributed by atoms with van der Waals surface area (Å²) in [5, 5.41) is 0. The highest BCUT2D eigenvalue weighted by Gasteiger charge is 2.53. The third-order valence-electron chi connectivity index (χ3n) is 12.7. The van der Waals surface area contributed by atoms with E-state index in [1.165, 1.54) is 50.2 Å². The number of rotatable bonds is 10. The third kappa shape index (κ3) is 6.68. The Morgan fingerprint density at radius 2 is 1.03 bits per heavy atom. The fourth-order valence-electron chi connectivity index (χ4n) is 9.79. The number of hydrogen-bond donors (Lipinski definition) is 0. The van der Waals surface area contributed by atoms with E-state index >= 15 is 0 Å². The molecule has 3 nitrogen and oxygen atoms in total. The van der Waals surface area contributed by atoms with E-state index in [0.717, 1.165) is 50.8 Å². The summed E-state index contributed by atoms with van der Waals surface area (Å²) < 4.78 is 7.75. The van der Waals surface area contributed by atoms with E-state index in [-0.39, 0.29) is 5.41 Å². The lowest BCUT2D eigenvalue weighted by Crippen LogP contribution is -2.39. The molecule has 2 atom stereocenters. The predicted molar refractivity (Wildman–Crippen MR) is 261 cm³/mol. The Balaban J connectivity index is 0.930. The molecule has 3 aliphatic carbocycles. The zero-order chi connectivity index (χ0) is 41.6. The van der Waals surface area contributed by atoms with Gasteiger partial charge < -0.3 is 14.5 Å². The molecule has 0 aromatic heterocycles. The van der Waals surface area contributed by atoms with Crippen molar-refractivity contribution >= 4 is 49.9 Å². The molecular formula is C58H43BrN2O. The van der Waals surface area contributed by atoms with E-state index in [4.69, 9.17) is 4.74 Å². The summed E-state index contributed by atoms with van der Waals surface area (Å²) >= 11 is 4.05. The van der Waals surface area contributed by atoms with Crippen LogP contribution in [0.4, 0.5) is 28.4 Å². The highest BCUT2D eigenvalue weighted by molar-refractivity contribution is 9.10. The zero-order valence-electron chi connectivity index (χ0n) is 34.3. The van der Waals surface area contributed by atoms with Gasteiger partial charge >= 0.3 is 0 Å². The van der Waals surface area contributed by atoms with Crippen LogP contribution in [0.1, 0.15) is 24.5 Å². The predicted octanol–water partition coefficient (Wildman–Crippen LogP) is 16.4. The van der Waals surface area contributed by atoms with E-state index in [0.29, 0.717) is 5.92 Å². The Morgan fingerprint density at radius 3 is 1.60 bits per heavy atom. The molecule has 0 spiro atoms. The number of ether oxygens (including phenoxy) is 1. The molecule has 0 saturated heterocycles. The quantitative estimate of drug-likeness (QED) is 0.136. The monoisotopic (exact) mass is 862 g/mol. The fourth-order valence-corrected chi connectivity index (χ4v) is 10.3. The first-order valence-corrected chi connectivity index (χ1v) is 22.1. The highest BCUT2D eigenvalue weighted by atomic mass is 79.9. The molecule has 0 bridgehead atoms. The molecule has 4 heteroatoms. The Bertz CT molecular complexity index is 2890. The van der Waals surface area contributed by atoms with Crippen LogP contribution < -0.4 is 14.5 Å². The number of para-hydroxylation sites is 2. The minimum atomic E-state index is 0.00159. The van der Waals surface area contributed by atoms with Gasteiger partial charge in [0.05, 0.1) is 10.2 Å². The average Bonchev–Trinajstić information content (AvgIpc) is 3.39. The molecule has 298 valence electrons. The Labute approximate surface area is 372 Å². The molecule has 62 heavy (non-hydrogen) atoms. The summed E-state index contributed by atoms with van der Waals surface area (Å²) in [6.07, 6.45) is 8.19. The van der Waals surface area contributed by atoms with Gasteiger partial charge in [-0.25, -0.2) is 0 Å². The van der Waals surface area contributed by atoms with E-state index in [1.807, 2.05) is 6.07 Å². The van der Waals surface area contributed by atoms with Crippen molar-refractivity contribution in [2.24, 2.45) is 5.92 Å². The second-order valence-corrected chi connectivity index (χ2v) is 17.3. The van der Waals surface area contributed by atoms with E-state index in [1.54, 1.807) is 0 Å². The maximum Gasteiger partial charge on any atom is 0.143 e. The van der Waals surface area contributed by atoms with Crippen LogP contribution in [0.25, 0.3) is 27.8 Å². The van der Waals surface area contributed by atoms with Crippen LogP contribution in [-0.4, -0.2) is 0 Å². The van der Waals surface area contributed by atoms with E-state index in [2.05, 4.69) is 251 Å². The number of hydrogen-bond acceptors (Lipinski definition) is 3. The summed E-state index contributed by atoms with van der Waals surface area (Å²) in [6.45, 7) is 2.41. The van der Waals surface area contributed by atoms with Crippen molar-refractivity contribution in [3.63, 3.8) is 0 Å². The van der Waals surface area contributed by atoms with Crippen molar-refractivity contribution < 1.29 is 4.74 Å². The Kier molecular flexibility index (Phi) is 9.59. The lowest BCUT2D eigenvalue weighted by molar-refractivity contribution is 0.335. The van der Waals surface area contributed by atoms with Crippen LogP contribution in [0.15, 0.2) is 240 Å². The van der Waals surface area contributed by atoms with Crippen LogP contribution in [0, 0.1) is 5.92 Å². The Morgan fingerprint density at radius 1 is 0.516 bits per heavy atom. The highest BCUT2D eigenvalue weighted by Crippen LogP contribution is 2.63. The van der Waals surface area contributed by atoms with Gasteiger partial charge in [0.15, 0.2) is 0 Å². The van der Waals surface area contributed by atoms with Gasteiger partial charge in [0.25, 0.3) is 0 Å². The zero-order valence-corrected chi connectivity index (χ0v) is 35.9. The molecule has 8 aromatic carbocycles. The molecular weight excluding hydrogens is 821 g/mol. The molecule has 11 rings (SSSR count). The second-order valence-electron chi connectivity index (χ2n) is 16.5. The molecule has 0 radical (unpaired) electrons. The molecule has 0 amide bonds. The molecule has 1 saturated carbocycles. The molecule has 1 fully saturated rings. The van der Waals surface area contributed by atoms with Crippen LogP contribution >= 0.6 is 15.9 Å². The van der Waals surface area contributed by atoms with Gasteiger partial charge in [0, 0.05) is 39.8 Å². The largest absolute Gasteiger partial charge is 0.456 e. The number of benzene rings is 8. The van der Waals surface area contributed by atoms with E-state index in [9.17, 15) is 0 Å². The number of nitrogens with zero attached hydrogens (tertiary/aromatic N) is 2. The number of fused-ring (bicyclic) bond motifs is 3. The average molecular weight is 864 g/mol. The van der Waals surface area contributed by atoms with Gasteiger partial charge in [-0.1, -0.05) is 153 Å². The molecule has 0 heterocycles. The summed E-state index contributed by atoms with van der Waals surface area (Å²) in [5.74, 6) is 1.91. The van der Waals surface area contributed by atoms with E-state index < -0.39 is 0 Å². The standard InChI is InChI=1S/C58H43BrN2O/c1-58-39-44-37-49(60(45-19-10-4-11-20-45)46-21-12-5-13-22-46)33-35-51(56(44)58)52-38-50(34-36-53(52)58)62-55-24-14-23-54(57(55)59)61(47-29-25-42(26-30-47)40-15-6-2-7-16-40)48-31-27-43(28-32-48)41-17-8-3-9-18-41/h2-38,44H,39H2,1H3. The first-order chi connectivity index (χ1) is 30.5. The lowest BCUT2D eigenvalue weighted by Gasteiger charge is -2.45. The lowest BCUT2D eigenvalue weighted by atomic mass is 9.58. The third-order valence-corrected chi connectivity index (χ3v) is 13.5. The molecule has 0 N–H and O–H groups in total. The smallest absolute Gasteiger partial charge is 0.143 e. The number of allylic oxidation sites excluding steroid dienone is 5. The number of halogens is 1. The van der Waals surface area contributed by atoms with Crippen LogP contribution in [-0.2, 0) is 5.41 Å². The minimum Gasteiger partial charge on any atom is -0.456 e. The summed E-state index contributed by atoms with van der Waals surface area (Å²) in [6, 6.07) is 72.9. The first kappa shape index (κ1) is 37.8. The second kappa shape index (κ2) is 15.7. The molecule has 2 unspecified atom stereocenters. The van der Waals surface area contributed by atoms with Crippen LogP contribution in [0.5, 0.6) is 11.5 Å². The summed E-state index contributed by atoms with van der Waals surface area (Å²) in [5.41, 5.74) is 16.7. The minimum absolute atomic E-state index is 0.00159. The SMILES string of the molecule is CC12CC3C=C(N(c4ccccc4)c4ccccc4)C=CC(=C31)c1cc(Oc3cccc(N(c4ccc(-c5ccccc5)cc4)c4ccc(-c5ccccc5)cc4)c3Br)ccc12. The van der Waals surface area contributed by atoms with Crippen LogP contribution in [0.2, 0.25) is 0 Å². The van der Waals surface area contributed by atoms with Crippen molar-refractivity contribution in [2.45, 2.75) is 18.8 Å². The first-order valence-electron chi connectivity index (χ1n) is 21.3. The molecule has 3 aliphatic rings. The maximum absolute atomic E-state index is 6.88. The summed E-state index contributed by atoms with van der Waals surface area (Å²) in [7, 11) is 0. The van der Waals surface area contributed by atoms with Gasteiger partial charge in [-0.15, -0.1) is 0 Å². The van der Waals surface area contributed by atoms with Gasteiger partial charge in [-0.05, 0) is 146 Å². The van der Waals surface area contributed by atoms with Crippen molar-refractivity contribution in [3.05, 3.63) is 251 Å². The molecule has 8 aromatic rings. The Hall–Kier alpha value is -7.14. The fraction of sp³-hybridized carbons (Fsp3) is 0.0690. The summed E-state index contributed by atoms with van der Waals surface area (Å²) in [4.78, 5) is 4.67.